The number of carboxylic acids is 4. The van der Waals surface area contributed by atoms with Crippen LogP contribution >= 0.6 is 0 Å². The lowest BCUT2D eigenvalue weighted by Gasteiger charge is -2.31. The van der Waals surface area contributed by atoms with E-state index >= 15 is 0 Å². The zero-order valence-corrected chi connectivity index (χ0v) is 31.4. The number of hydrogen-bond donors (Lipinski definition) is 8. The molecule has 3 rings (SSSR count). The molecule has 10 N–H and O–H groups in total. The number of aliphatic hydroxyl groups is 2. The summed E-state index contributed by atoms with van der Waals surface area (Å²) in [7, 11) is 0. The summed E-state index contributed by atoms with van der Waals surface area (Å²) in [5.41, 5.74) is 10.1. The topological polar surface area (TPSA) is 301 Å². The first-order valence-corrected chi connectivity index (χ1v) is 18.6. The summed E-state index contributed by atoms with van der Waals surface area (Å²) < 4.78 is 0. The number of nitrogens with two attached hydrogens (primary N) is 2. The number of carboxylic acid groups (broad SMARTS) is 4. The molecule has 1 aromatic carbocycles. The average molecular weight is 767 g/mol. The van der Waals surface area contributed by atoms with Crippen molar-refractivity contribution in [2.45, 2.75) is 128 Å². The number of aliphatic imine (C=N–C) groups is 2. The predicted octanol–water partition coefficient (Wildman–Crippen LogP) is 4.79. The van der Waals surface area contributed by atoms with Crippen LogP contribution in [0.4, 0.5) is 0 Å². The van der Waals surface area contributed by atoms with Crippen molar-refractivity contribution in [1.82, 2.24) is 0 Å². The van der Waals surface area contributed by atoms with Gasteiger partial charge in [0.2, 0.25) is 12.2 Å². The molecule has 0 aliphatic heterocycles. The summed E-state index contributed by atoms with van der Waals surface area (Å²) in [5, 5.41) is 49.9. The molecule has 16 heteroatoms. The Bertz CT molecular complexity index is 1160. The maximum Gasteiger partial charge on any atom is 0.335 e. The molecule has 54 heavy (non-hydrogen) atoms. The Morgan fingerprint density at radius 1 is 0.593 bits per heavy atom. The van der Waals surface area contributed by atoms with Gasteiger partial charge in [-0.2, -0.15) is 0 Å². The Balaban J connectivity index is 0. The molecule has 0 saturated heterocycles. The van der Waals surface area contributed by atoms with Crippen LogP contribution in [0.2, 0.25) is 0 Å². The predicted molar refractivity (Wildman–Crippen MR) is 202 cm³/mol. The highest BCUT2D eigenvalue weighted by Crippen LogP contribution is 2.36. The van der Waals surface area contributed by atoms with E-state index in [9.17, 15) is 28.8 Å². The van der Waals surface area contributed by atoms with Gasteiger partial charge in [-0.05, 0) is 133 Å². The molecule has 2 saturated carbocycles. The summed E-state index contributed by atoms with van der Waals surface area (Å²) in [5.74, 6) is -2.39. The van der Waals surface area contributed by atoms with Gasteiger partial charge >= 0.3 is 23.9 Å². The number of aliphatic hydroxyl groups excluding tert-OH is 2. The molecule has 1 aromatic rings. The van der Waals surface area contributed by atoms with Crippen LogP contribution in [0.3, 0.4) is 0 Å². The molecular weight excluding hydrogens is 704 g/mol. The highest BCUT2D eigenvalue weighted by atomic mass is 16.4. The first kappa shape index (κ1) is 51.8. The third-order valence-electron chi connectivity index (χ3n) is 8.63. The van der Waals surface area contributed by atoms with Gasteiger partial charge in [-0.1, -0.05) is 18.9 Å². The lowest BCUT2D eigenvalue weighted by Crippen LogP contribution is -2.23. The second-order valence-electron chi connectivity index (χ2n) is 13.0. The van der Waals surface area contributed by atoms with Gasteiger partial charge in [-0.3, -0.25) is 9.59 Å². The number of carbonyl (C=O) groups is 4. The number of rotatable bonds is 18. The second kappa shape index (κ2) is 35.7. The first-order valence-electron chi connectivity index (χ1n) is 18.6. The standard InChI is InChI=1S/C15H22N2O2.C8H6O4.C6H10O4.C6H14O2.C3H10N2/c18-10-16-14-5-1-12(2-6-14)9-13-3-7-15(8-4-13)17-11-19;9-7(10)5-2-1-3-6(4-5)8(11)12;7-5(8)3-1-2-4-6(9)10;7-5-3-1-2-4-6-8;4-2-1-3-5/h12-15H,1-9H2;1-4H,(H,9,10)(H,11,12);1-4H2,(H,7,8)(H,9,10);7-8H,1-6H2;1-5H2. The number of aromatic carboxylic acids is 2. The van der Waals surface area contributed by atoms with Crippen molar-refractivity contribution in [2.24, 2.45) is 33.3 Å². The molecule has 0 aromatic heterocycles. The van der Waals surface area contributed by atoms with Crippen molar-refractivity contribution in [3.8, 4) is 0 Å². The Morgan fingerprint density at radius 3 is 1.22 bits per heavy atom. The van der Waals surface area contributed by atoms with Crippen molar-refractivity contribution in [2.75, 3.05) is 26.3 Å². The normalized spacial score (nSPS) is 18.3. The van der Waals surface area contributed by atoms with Gasteiger partial charge in [0.25, 0.3) is 0 Å². The van der Waals surface area contributed by atoms with Crippen LogP contribution < -0.4 is 11.5 Å². The molecule has 0 atom stereocenters. The fourth-order valence-corrected chi connectivity index (χ4v) is 5.67. The highest BCUT2D eigenvalue weighted by molar-refractivity contribution is 5.93. The first-order chi connectivity index (χ1) is 25.9. The van der Waals surface area contributed by atoms with Gasteiger partial charge in [0.15, 0.2) is 0 Å². The summed E-state index contributed by atoms with van der Waals surface area (Å²) in [6, 6.07) is 5.65. The number of hydrogen-bond acceptors (Lipinski definition) is 12. The van der Waals surface area contributed by atoms with Crippen LogP contribution in [0.1, 0.15) is 136 Å². The van der Waals surface area contributed by atoms with Crippen molar-refractivity contribution >= 4 is 36.0 Å². The molecule has 16 nitrogen and oxygen atoms in total. The number of unbranched alkanes of at least 4 members (excludes halogenated alkanes) is 4. The Labute approximate surface area is 317 Å². The molecule has 2 aliphatic rings. The molecule has 2 fully saturated rings. The van der Waals surface area contributed by atoms with E-state index < -0.39 is 23.9 Å². The molecular formula is C38H62N4O12. The van der Waals surface area contributed by atoms with E-state index in [0.717, 1.165) is 88.8 Å². The largest absolute Gasteiger partial charge is 0.481 e. The van der Waals surface area contributed by atoms with Crippen LogP contribution in [0.15, 0.2) is 34.3 Å². The molecule has 306 valence electrons. The quantitative estimate of drug-likeness (QED) is 0.0566. The van der Waals surface area contributed by atoms with Crippen molar-refractivity contribution in [3.63, 3.8) is 0 Å². The molecule has 0 bridgehead atoms. The second-order valence-corrected chi connectivity index (χ2v) is 13.0. The number of isocyanates is 2. The zero-order valence-electron chi connectivity index (χ0n) is 31.4. The summed E-state index contributed by atoms with van der Waals surface area (Å²) in [6.07, 6.45) is 19.4. The third kappa shape index (κ3) is 31.2. The highest BCUT2D eigenvalue weighted by Gasteiger charge is 2.26. The maximum absolute atomic E-state index is 10.4. The molecule has 0 heterocycles. The molecule has 0 radical (unpaired) electrons. The summed E-state index contributed by atoms with van der Waals surface area (Å²) in [6.45, 7) is 2.00. The lowest BCUT2D eigenvalue weighted by atomic mass is 9.76. The Hall–Kier alpha value is -4.30. The minimum atomic E-state index is -1.13. The molecule has 0 unspecified atom stereocenters. The van der Waals surface area contributed by atoms with Crippen LogP contribution in [0, 0.1) is 11.8 Å². The van der Waals surface area contributed by atoms with Crippen LogP contribution in [0.25, 0.3) is 0 Å². The Morgan fingerprint density at radius 2 is 0.963 bits per heavy atom. The molecule has 2 aliphatic carbocycles. The smallest absolute Gasteiger partial charge is 0.335 e. The van der Waals surface area contributed by atoms with E-state index in [2.05, 4.69) is 9.98 Å². The fraction of sp³-hybridized carbons (Fsp3) is 0.684. The van der Waals surface area contributed by atoms with Gasteiger partial charge in [-0.15, -0.1) is 0 Å². The van der Waals surface area contributed by atoms with Crippen molar-refractivity contribution in [3.05, 3.63) is 35.4 Å². The minimum Gasteiger partial charge on any atom is -0.481 e. The van der Waals surface area contributed by atoms with Crippen molar-refractivity contribution < 1.29 is 59.4 Å². The molecule has 0 spiro atoms. The minimum absolute atomic E-state index is 0.0186. The number of nitrogens with zero attached hydrogens (tertiary/aromatic N) is 2. The van der Waals surface area contributed by atoms with E-state index in [-0.39, 0.29) is 49.3 Å². The SMILES string of the molecule is NCCCN.O=C(O)CCCCC(=O)O.O=C(O)c1cccc(C(=O)O)c1.O=C=NC1CCC(CC2CCC(N=C=O)CC2)CC1.OCCCCCCO. The number of benzene rings is 1. The van der Waals surface area contributed by atoms with E-state index in [1.165, 1.54) is 50.3 Å². The van der Waals surface area contributed by atoms with Crippen LogP contribution in [0.5, 0.6) is 0 Å². The van der Waals surface area contributed by atoms with Gasteiger partial charge in [0.1, 0.15) is 0 Å². The van der Waals surface area contributed by atoms with Gasteiger partial charge < -0.3 is 42.1 Å². The molecule has 0 amide bonds. The van der Waals surface area contributed by atoms with E-state index in [1.54, 1.807) is 12.2 Å². The lowest BCUT2D eigenvalue weighted by molar-refractivity contribution is -0.139. The summed E-state index contributed by atoms with van der Waals surface area (Å²) in [4.78, 5) is 68.7. The van der Waals surface area contributed by atoms with E-state index in [0.29, 0.717) is 12.8 Å². The monoisotopic (exact) mass is 766 g/mol. The third-order valence-corrected chi connectivity index (χ3v) is 8.63. The maximum atomic E-state index is 10.4. The Kier molecular flexibility index (Phi) is 34.3. The van der Waals surface area contributed by atoms with Gasteiger partial charge in [-0.25, -0.2) is 29.2 Å². The number of aliphatic carboxylic acids is 2. The number of carbonyl (C=O) groups excluding carboxylic acids is 2. The zero-order chi connectivity index (χ0) is 41.0. The van der Waals surface area contributed by atoms with Crippen molar-refractivity contribution in [1.29, 1.82) is 0 Å². The van der Waals surface area contributed by atoms with E-state index in [4.69, 9.17) is 42.1 Å². The van der Waals surface area contributed by atoms with Crippen LogP contribution in [-0.4, -0.2) is 105 Å². The average Bonchev–Trinajstić information content (AvgIpc) is 3.15. The summed E-state index contributed by atoms with van der Waals surface area (Å²) >= 11 is 0. The van der Waals surface area contributed by atoms with Gasteiger partial charge in [0.05, 0.1) is 23.2 Å². The fourth-order valence-electron chi connectivity index (χ4n) is 5.67. The van der Waals surface area contributed by atoms with E-state index in [1.807, 2.05) is 0 Å². The van der Waals surface area contributed by atoms with Gasteiger partial charge in [0, 0.05) is 26.1 Å². The van der Waals surface area contributed by atoms with Crippen LogP contribution in [-0.2, 0) is 19.2 Å².